The Morgan fingerprint density at radius 2 is 0.691 bits per heavy atom. The van der Waals surface area contributed by atoms with Gasteiger partial charge in [-0.1, -0.05) is 33.7 Å². The first-order valence-corrected chi connectivity index (χ1v) is 46.8. The summed E-state index contributed by atoms with van der Waals surface area (Å²) in [5.41, 5.74) is 0. The summed E-state index contributed by atoms with van der Waals surface area (Å²) in [5, 5.41) is 231. The van der Waals surface area contributed by atoms with Crippen molar-refractivity contribution >= 4 is 90.1 Å². The van der Waals surface area contributed by atoms with Crippen molar-refractivity contribution < 1.29 is 192 Å². The monoisotopic (exact) mass is 1880 g/mol. The molecule has 0 radical (unpaired) electrons. The molecule has 0 aliphatic carbocycles. The largest absolute Gasteiger partial charge is 0.394 e. The Morgan fingerprint density at radius 1 is 0.390 bits per heavy atom. The lowest BCUT2D eigenvalue weighted by atomic mass is 9.95. The molecule has 2 aromatic heterocycles. The number of ketones is 2. The zero-order valence-electron chi connectivity index (χ0n) is 66.6. The van der Waals surface area contributed by atoms with E-state index < -0.39 is 283 Å². The number of Topliss-reactive ketones (excluding diaryl/α,β-unsaturated/α-hetero) is 2. The maximum atomic E-state index is 14.2. The lowest BCUT2D eigenvalue weighted by Crippen LogP contribution is -2.68. The number of pyridine rings is 2. The van der Waals surface area contributed by atoms with Crippen molar-refractivity contribution in [2.75, 3.05) is 114 Å². The van der Waals surface area contributed by atoms with Crippen LogP contribution in [0.1, 0.15) is 26.2 Å². The van der Waals surface area contributed by atoms with Crippen molar-refractivity contribution in [1.29, 1.82) is 0 Å². The topological polar surface area (TPSA) is 662 Å². The van der Waals surface area contributed by atoms with Gasteiger partial charge in [0.15, 0.2) is 44.0 Å². The number of likely N-dealkylation sites (N-methyl/N-ethyl adjacent to an activating group) is 1. The van der Waals surface area contributed by atoms with Crippen LogP contribution in [0.25, 0.3) is 0 Å². The molecule has 21 fully saturated rings. The fraction of sp³-hybridized carbons (Fsp3) is 0.808. The number of rotatable bonds is 37. The first-order chi connectivity index (χ1) is 59.1. The molecular formula is C73H113N5O39S6. The molecule has 22 N–H and O–H groups in total. The van der Waals surface area contributed by atoms with E-state index in [2.05, 4.69) is 25.9 Å². The number of aromatic nitrogens is 2. The van der Waals surface area contributed by atoms with Crippen molar-refractivity contribution in [2.24, 2.45) is 5.92 Å². The van der Waals surface area contributed by atoms with Crippen molar-refractivity contribution in [2.45, 2.75) is 257 Å². The van der Waals surface area contributed by atoms with Crippen LogP contribution in [-0.2, 0) is 95.0 Å². The smallest absolute Gasteiger partial charge is 0.238 e. The van der Waals surface area contributed by atoms with Crippen LogP contribution in [0.15, 0.2) is 58.8 Å². The number of aliphatic hydroxyl groups is 19. The van der Waals surface area contributed by atoms with E-state index in [1.807, 2.05) is 18.2 Å². The van der Waals surface area contributed by atoms with Crippen molar-refractivity contribution in [3.8, 4) is 0 Å². The molecule has 123 heavy (non-hydrogen) atoms. The van der Waals surface area contributed by atoms with Crippen molar-refractivity contribution in [3.63, 3.8) is 0 Å². The van der Waals surface area contributed by atoms with Crippen molar-refractivity contribution in [3.05, 3.63) is 48.8 Å². The summed E-state index contributed by atoms with van der Waals surface area (Å²) in [4.78, 5) is 61.3. The summed E-state index contributed by atoms with van der Waals surface area (Å²) in [7, 11) is 7.12. The molecule has 14 bridgehead atoms. The first-order valence-electron chi connectivity index (χ1n) is 39.8. The number of ether oxygens (including phenoxy) is 16. The Labute approximate surface area is 730 Å². The lowest BCUT2D eigenvalue weighted by molar-refractivity contribution is -0.395. The van der Waals surface area contributed by atoms with E-state index in [-0.39, 0.29) is 81.8 Å². The number of nitrogens with zero attached hydrogens (tertiary/aromatic N) is 2. The molecular weight excluding hydrogens is 1760 g/mol. The number of amides is 2. The van der Waals surface area contributed by atoms with Gasteiger partial charge in [0.2, 0.25) is 11.8 Å². The van der Waals surface area contributed by atoms with E-state index in [1.165, 1.54) is 57.1 Å². The molecule has 2 aromatic rings. The standard InChI is InChI=1S/C73H113N5O39S6/c1-31(84)9-15-102-17-18-103-16-10-33(85)21-32(65(100)77-13-19-120-122-42-7-3-5-11-75-42)27-118-29-40-63-49(91)56(98)72(109-40)114-61-38(25-82)105-69(52(94)45(61)87)113-60-37(24-81)108-71(55(97)48(60)90)117-64-41(30-119-28-34(74-2)66(101)78-14-20-121-123-43-8-4-6-12-76-43)110-73(57(99)50(64)92)115-62-39(26-83)106-68(53(95)46(62)88)111-58-35(22-79)104-67(51(93)44(58)86)112-59-36(23-80)107-70(116-63)54(96)47(59)89/h3-8,11-12,32,34-41,44-64,67-74,79-83,86-99H,9-10,13-30H2,1-2H3,(H,77,100)(H,78,101)/t32-,34-,35?,36?,37?,38?,39?,40?,41?,44-,45-,46-,47-,48-,49-,50-,51?,52?,53?,54?,55?,56?,57?,58-,59-,60-,61-,62-,63-,64-,67-,68-,69+,70+,71+,72-,73+/m1/s1. The van der Waals surface area contributed by atoms with Crippen LogP contribution >= 0.6 is 66.7 Å². The van der Waals surface area contributed by atoms with Gasteiger partial charge in [0.25, 0.3) is 0 Å². The second-order valence-corrected chi connectivity index (χ2v) is 36.8. The molecule has 23 heterocycles. The van der Waals surface area contributed by atoms with Gasteiger partial charge in [-0.25, -0.2) is 9.97 Å². The molecule has 44 nitrogen and oxygen atoms in total. The van der Waals surface area contributed by atoms with Crippen LogP contribution in [0.2, 0.25) is 0 Å². The fourth-order valence-electron chi connectivity index (χ4n) is 14.3. The highest BCUT2D eigenvalue weighted by atomic mass is 33.1. The molecule has 700 valence electrons. The zero-order valence-corrected chi connectivity index (χ0v) is 71.5. The van der Waals surface area contributed by atoms with Gasteiger partial charge in [0.1, 0.15) is 180 Å². The Hall–Kier alpha value is -2.76. The van der Waals surface area contributed by atoms with E-state index in [9.17, 15) is 116 Å². The summed E-state index contributed by atoms with van der Waals surface area (Å²) in [6.07, 6.45) is -69.3. The van der Waals surface area contributed by atoms with Crippen LogP contribution in [0.5, 0.6) is 0 Å². The van der Waals surface area contributed by atoms with Gasteiger partial charge in [0.05, 0.1) is 83.6 Å². The highest BCUT2D eigenvalue weighted by Crippen LogP contribution is 2.41. The fourth-order valence-corrected chi connectivity index (χ4v) is 20.3. The van der Waals surface area contributed by atoms with E-state index in [4.69, 9.17) is 75.8 Å². The molecule has 2 amide bonds. The third-order valence-electron chi connectivity index (χ3n) is 21.1. The molecule has 50 heteroatoms. The number of thioether (sulfide) groups is 2. The minimum Gasteiger partial charge on any atom is -0.394 e. The third-order valence-corrected chi connectivity index (χ3v) is 28.0. The van der Waals surface area contributed by atoms with E-state index in [0.29, 0.717) is 16.5 Å². The number of aliphatic hydroxyl groups excluding tert-OH is 19. The zero-order chi connectivity index (χ0) is 88.7. The van der Waals surface area contributed by atoms with E-state index in [1.54, 1.807) is 30.6 Å². The second kappa shape index (κ2) is 50.8. The normalized spacial score (nSPS) is 39.4. The molecule has 0 aromatic carbocycles. The summed E-state index contributed by atoms with van der Waals surface area (Å²) in [6.45, 7) is -3.37. The number of hydrogen-bond acceptors (Lipinski definition) is 48. The minimum atomic E-state index is -2.30. The molecule has 21 aliphatic rings. The van der Waals surface area contributed by atoms with Gasteiger partial charge in [-0.15, -0.1) is 0 Å². The second-order valence-electron chi connectivity index (χ2n) is 29.8. The molecule has 21 aliphatic heterocycles. The van der Waals surface area contributed by atoms with Crippen LogP contribution < -0.4 is 16.0 Å². The summed E-state index contributed by atoms with van der Waals surface area (Å²) in [5.74, 6) is -2.59. The maximum Gasteiger partial charge on any atom is 0.238 e. The lowest BCUT2D eigenvalue weighted by Gasteiger charge is -2.50. The van der Waals surface area contributed by atoms with Gasteiger partial charge in [-0.05, 0) is 59.8 Å². The highest BCUT2D eigenvalue weighted by Gasteiger charge is 2.60. The Bertz CT molecular complexity index is 3460. The number of carbonyl (C=O) groups excluding carboxylic acids is 4. The quantitative estimate of drug-likeness (QED) is 0.0221. The predicted octanol–water partition coefficient (Wildman–Crippen LogP) is -9.28. The van der Waals surface area contributed by atoms with E-state index >= 15 is 0 Å². The number of hydrogen-bond donors (Lipinski definition) is 22. The Balaban J connectivity index is 0.912. The summed E-state index contributed by atoms with van der Waals surface area (Å²) >= 11 is 1.96. The molecule has 14 unspecified atom stereocenters. The number of nitrogens with one attached hydrogen (secondary N) is 3. The first kappa shape index (κ1) is 102. The molecule has 0 saturated carbocycles. The van der Waals surface area contributed by atoms with Gasteiger partial charge in [0, 0.05) is 79.3 Å². The molecule has 23 rings (SSSR count). The summed E-state index contributed by atoms with van der Waals surface area (Å²) < 4.78 is 95.5. The third kappa shape index (κ3) is 27.5. The van der Waals surface area contributed by atoms with Gasteiger partial charge in [-0.2, -0.15) is 23.5 Å². The average Bonchev–Trinajstić information content (AvgIpc) is 0.886. The van der Waals surface area contributed by atoms with Crippen LogP contribution in [-0.4, -0.2) is 465 Å². The Kier molecular flexibility index (Phi) is 42.2. The average molecular weight is 1880 g/mol. The van der Waals surface area contributed by atoms with Crippen LogP contribution in [0.3, 0.4) is 0 Å². The molecule has 0 spiro atoms. The van der Waals surface area contributed by atoms with Crippen molar-refractivity contribution in [1.82, 2.24) is 25.9 Å². The van der Waals surface area contributed by atoms with Crippen LogP contribution in [0, 0.1) is 5.92 Å². The highest BCUT2D eigenvalue weighted by molar-refractivity contribution is 8.77. The predicted molar refractivity (Wildman–Crippen MR) is 428 cm³/mol. The van der Waals surface area contributed by atoms with Gasteiger partial charge in [-0.3, -0.25) is 19.2 Å². The van der Waals surface area contributed by atoms with E-state index in [0.717, 1.165) is 28.5 Å². The van der Waals surface area contributed by atoms with Gasteiger partial charge < -0.3 is 189 Å². The molecule has 37 atom stereocenters. The number of carbonyl (C=O) groups is 4. The minimum absolute atomic E-state index is 0.0233. The molecule has 21 saturated heterocycles. The maximum absolute atomic E-state index is 14.2. The van der Waals surface area contributed by atoms with Gasteiger partial charge >= 0.3 is 0 Å². The Morgan fingerprint density at radius 3 is 0.992 bits per heavy atom. The SMILES string of the molecule is CN[C@H](CSCC1O[C@H]2O[C@@H]3C(CO)O[C@H](O[C@@H]4C(CO)O[C@H](O[C@@H]5C(CO)O[C@@H](O[C@@H]6C(CSC[C@@H](CC(=O)CCOCCOCCC(C)=O)C(=O)NCCSSc7ccccn7)O[C@H](O[C@@H]7C(CO)O[C@@H](O[C@@H]8C(CO)O[C@@H](O[C@H]1[C@H](O)C2O)C(O)[C@H]8O)C(O)[C@H]7O)C(O)[C@H]6O)C(O)[C@H]5O)C(O)[C@H]4O)C(O)[C@H]3O)C(=O)NCCSSc1ccccn1. The van der Waals surface area contributed by atoms with Crippen LogP contribution in [0.4, 0.5) is 0 Å². The summed E-state index contributed by atoms with van der Waals surface area (Å²) in [6, 6.07) is 9.91.